The molecule has 1 aliphatic rings. The van der Waals surface area contributed by atoms with Gasteiger partial charge in [0, 0.05) is 39.4 Å². The molecular formula is C16H24N2O7S. The van der Waals surface area contributed by atoms with Crippen molar-refractivity contribution in [2.45, 2.75) is 0 Å². The van der Waals surface area contributed by atoms with Crippen LogP contribution < -0.4 is 14.8 Å². The van der Waals surface area contributed by atoms with Gasteiger partial charge in [0.15, 0.2) is 11.5 Å². The van der Waals surface area contributed by atoms with E-state index in [0.717, 1.165) is 0 Å². The molecule has 0 aromatic heterocycles. The number of carbonyl (C=O) groups is 1. The number of carbonyl (C=O) groups excluding carboxylic acids is 1. The van der Waals surface area contributed by atoms with Crippen molar-refractivity contribution in [2.24, 2.45) is 0 Å². The maximum absolute atomic E-state index is 12.4. The van der Waals surface area contributed by atoms with Crippen LogP contribution in [0.25, 0.3) is 0 Å². The van der Waals surface area contributed by atoms with Crippen molar-refractivity contribution >= 4 is 15.9 Å². The van der Waals surface area contributed by atoms with Crippen molar-refractivity contribution in [1.82, 2.24) is 9.62 Å². The number of benzene rings is 1. The molecule has 146 valence electrons. The van der Waals surface area contributed by atoms with Crippen molar-refractivity contribution in [2.75, 3.05) is 59.6 Å². The number of hydrogen-bond donors (Lipinski definition) is 1. The standard InChI is InChI=1S/C16H24N2O7S/c1-22-8-6-18(7-9-23-2)26(20,21)10-5-17-16(19)13-3-4-14-15(11-13)25-12-24-14/h3-4,11H,5-10,12H2,1-2H3,(H,17,19). The third-order valence-corrected chi connectivity index (χ3v) is 5.64. The first-order valence-electron chi connectivity index (χ1n) is 8.11. The molecule has 0 fully saturated rings. The predicted molar refractivity (Wildman–Crippen MR) is 94.0 cm³/mol. The second-order valence-electron chi connectivity index (χ2n) is 5.52. The van der Waals surface area contributed by atoms with Gasteiger partial charge in [-0.1, -0.05) is 0 Å². The Bertz CT molecular complexity index is 701. The van der Waals surface area contributed by atoms with Crippen molar-refractivity contribution < 1.29 is 32.2 Å². The van der Waals surface area contributed by atoms with E-state index >= 15 is 0 Å². The zero-order chi connectivity index (χ0) is 19.0. The van der Waals surface area contributed by atoms with E-state index in [1.54, 1.807) is 18.2 Å². The lowest BCUT2D eigenvalue weighted by molar-refractivity contribution is 0.0955. The van der Waals surface area contributed by atoms with Crippen LogP contribution in [0.1, 0.15) is 10.4 Å². The Balaban J connectivity index is 1.88. The van der Waals surface area contributed by atoms with Gasteiger partial charge >= 0.3 is 0 Å². The van der Waals surface area contributed by atoms with Crippen LogP contribution in [0, 0.1) is 0 Å². The number of sulfonamides is 1. The number of rotatable bonds is 11. The summed E-state index contributed by atoms with van der Waals surface area (Å²) in [5, 5.41) is 2.61. The summed E-state index contributed by atoms with van der Waals surface area (Å²) in [7, 11) is -0.527. The third-order valence-electron chi connectivity index (χ3n) is 3.76. The van der Waals surface area contributed by atoms with Gasteiger partial charge in [-0.2, -0.15) is 4.31 Å². The predicted octanol–water partition coefficient (Wildman–Crippen LogP) is 0.0697. The fourth-order valence-electron chi connectivity index (χ4n) is 2.34. The maximum atomic E-state index is 12.4. The van der Waals surface area contributed by atoms with Crippen LogP contribution in [-0.2, 0) is 19.5 Å². The molecule has 0 radical (unpaired) electrons. The molecule has 1 amide bonds. The smallest absolute Gasteiger partial charge is 0.251 e. The molecular weight excluding hydrogens is 364 g/mol. The van der Waals surface area contributed by atoms with Gasteiger partial charge in [0.05, 0.1) is 19.0 Å². The lowest BCUT2D eigenvalue weighted by Crippen LogP contribution is -2.41. The number of hydrogen-bond acceptors (Lipinski definition) is 7. The molecule has 26 heavy (non-hydrogen) atoms. The van der Waals surface area contributed by atoms with E-state index in [1.165, 1.54) is 18.5 Å². The van der Waals surface area contributed by atoms with E-state index in [9.17, 15) is 13.2 Å². The van der Waals surface area contributed by atoms with Crippen LogP contribution in [0.3, 0.4) is 0 Å². The molecule has 9 nitrogen and oxygen atoms in total. The number of nitrogens with zero attached hydrogens (tertiary/aromatic N) is 1. The highest BCUT2D eigenvalue weighted by atomic mass is 32.2. The second-order valence-corrected chi connectivity index (χ2v) is 7.61. The first-order chi connectivity index (χ1) is 12.5. The van der Waals surface area contributed by atoms with Crippen LogP contribution >= 0.6 is 0 Å². The summed E-state index contributed by atoms with van der Waals surface area (Å²) >= 11 is 0. The summed E-state index contributed by atoms with van der Waals surface area (Å²) in [5.74, 6) is 0.488. The molecule has 0 saturated heterocycles. The molecule has 10 heteroatoms. The summed E-state index contributed by atoms with van der Waals surface area (Å²) in [6.07, 6.45) is 0. The molecule has 0 spiro atoms. The molecule has 0 atom stereocenters. The summed E-state index contributed by atoms with van der Waals surface area (Å²) in [4.78, 5) is 12.2. The van der Waals surface area contributed by atoms with Crippen LogP contribution in [0.2, 0.25) is 0 Å². The maximum Gasteiger partial charge on any atom is 0.251 e. The first kappa shape index (κ1) is 20.4. The van der Waals surface area contributed by atoms with Gasteiger partial charge in [0.2, 0.25) is 16.8 Å². The Labute approximate surface area is 153 Å². The highest BCUT2D eigenvalue weighted by Crippen LogP contribution is 2.32. The van der Waals surface area contributed by atoms with Crippen LogP contribution in [0.15, 0.2) is 18.2 Å². The van der Waals surface area contributed by atoms with E-state index in [0.29, 0.717) is 17.1 Å². The minimum atomic E-state index is -3.54. The highest BCUT2D eigenvalue weighted by Gasteiger charge is 2.22. The number of fused-ring (bicyclic) bond motifs is 1. The molecule has 0 aliphatic carbocycles. The number of amides is 1. The second kappa shape index (κ2) is 9.72. The van der Waals surface area contributed by atoms with Gasteiger partial charge in [-0.05, 0) is 18.2 Å². The van der Waals surface area contributed by atoms with E-state index in [1.807, 2.05) is 0 Å². The molecule has 2 rings (SSSR count). The molecule has 1 heterocycles. The molecule has 1 aromatic carbocycles. The van der Waals surface area contributed by atoms with Gasteiger partial charge in [0.1, 0.15) is 0 Å². The summed E-state index contributed by atoms with van der Waals surface area (Å²) < 4.78 is 46.5. The van der Waals surface area contributed by atoms with Crippen molar-refractivity contribution in [3.05, 3.63) is 23.8 Å². The fraction of sp³-hybridized carbons (Fsp3) is 0.562. The van der Waals surface area contributed by atoms with Gasteiger partial charge in [-0.3, -0.25) is 4.79 Å². The van der Waals surface area contributed by atoms with E-state index in [2.05, 4.69) is 5.32 Å². The Hall–Kier alpha value is -1.88. The molecule has 1 aliphatic heterocycles. The lowest BCUT2D eigenvalue weighted by Gasteiger charge is -2.21. The fourth-order valence-corrected chi connectivity index (χ4v) is 3.66. The lowest BCUT2D eigenvalue weighted by atomic mass is 10.2. The van der Waals surface area contributed by atoms with Crippen molar-refractivity contribution in [3.8, 4) is 11.5 Å². The molecule has 0 saturated carbocycles. The van der Waals surface area contributed by atoms with Crippen molar-refractivity contribution in [1.29, 1.82) is 0 Å². The zero-order valence-corrected chi connectivity index (χ0v) is 15.7. The Morgan fingerprint density at radius 3 is 2.46 bits per heavy atom. The zero-order valence-electron chi connectivity index (χ0n) is 14.9. The summed E-state index contributed by atoms with van der Waals surface area (Å²) in [6, 6.07) is 4.81. The monoisotopic (exact) mass is 388 g/mol. The number of ether oxygens (including phenoxy) is 4. The van der Waals surface area contributed by atoms with E-state index < -0.39 is 10.0 Å². The van der Waals surface area contributed by atoms with Crippen LogP contribution in [0.4, 0.5) is 0 Å². The van der Waals surface area contributed by atoms with Crippen LogP contribution in [0.5, 0.6) is 11.5 Å². The highest BCUT2D eigenvalue weighted by molar-refractivity contribution is 7.89. The minimum Gasteiger partial charge on any atom is -0.454 e. The Kier molecular flexibility index (Phi) is 7.64. The first-order valence-corrected chi connectivity index (χ1v) is 9.72. The number of nitrogens with one attached hydrogen (secondary N) is 1. The van der Waals surface area contributed by atoms with Gasteiger partial charge in [-0.25, -0.2) is 8.42 Å². The topological polar surface area (TPSA) is 103 Å². The third kappa shape index (κ3) is 5.56. The van der Waals surface area contributed by atoms with Gasteiger partial charge in [-0.15, -0.1) is 0 Å². The normalized spacial score (nSPS) is 13.2. The van der Waals surface area contributed by atoms with Gasteiger partial charge < -0.3 is 24.3 Å². The van der Waals surface area contributed by atoms with Crippen LogP contribution in [-0.4, -0.2) is 78.2 Å². The molecule has 0 bridgehead atoms. The van der Waals surface area contributed by atoms with E-state index in [4.69, 9.17) is 18.9 Å². The van der Waals surface area contributed by atoms with E-state index in [-0.39, 0.29) is 51.3 Å². The summed E-state index contributed by atoms with van der Waals surface area (Å²) in [5.41, 5.74) is 0.377. The SMILES string of the molecule is COCCN(CCOC)S(=O)(=O)CCNC(=O)c1ccc2c(c1)OCO2. The van der Waals surface area contributed by atoms with Crippen molar-refractivity contribution in [3.63, 3.8) is 0 Å². The molecule has 1 N–H and O–H groups in total. The Morgan fingerprint density at radius 2 is 1.81 bits per heavy atom. The number of methoxy groups -OCH3 is 2. The quantitative estimate of drug-likeness (QED) is 0.572. The Morgan fingerprint density at radius 1 is 1.15 bits per heavy atom. The molecule has 1 aromatic rings. The average molecular weight is 388 g/mol. The molecule has 0 unspecified atom stereocenters. The summed E-state index contributed by atoms with van der Waals surface area (Å²) in [6.45, 7) is 1.15. The largest absolute Gasteiger partial charge is 0.454 e. The van der Waals surface area contributed by atoms with Gasteiger partial charge in [0.25, 0.3) is 5.91 Å². The minimum absolute atomic E-state index is 0.00786. The average Bonchev–Trinajstić information content (AvgIpc) is 3.09.